The molecule has 0 aliphatic heterocycles. The number of aryl methyl sites for hydroxylation is 1. The molecule has 0 spiro atoms. The van der Waals surface area contributed by atoms with Crippen molar-refractivity contribution >= 4 is 11.3 Å². The fourth-order valence-corrected chi connectivity index (χ4v) is 3.62. The zero-order chi connectivity index (χ0) is 11.4. The van der Waals surface area contributed by atoms with Crippen molar-refractivity contribution in [1.82, 2.24) is 5.32 Å². The Kier molecular flexibility index (Phi) is 4.42. The van der Waals surface area contributed by atoms with Crippen molar-refractivity contribution in [2.45, 2.75) is 52.0 Å². The third-order valence-corrected chi connectivity index (χ3v) is 4.72. The van der Waals surface area contributed by atoms with Crippen molar-refractivity contribution in [2.75, 3.05) is 6.54 Å². The molecule has 1 atom stereocenters. The van der Waals surface area contributed by atoms with Gasteiger partial charge in [-0.1, -0.05) is 20.3 Å². The van der Waals surface area contributed by atoms with E-state index < -0.39 is 0 Å². The molecule has 90 valence electrons. The highest BCUT2D eigenvalue weighted by Gasteiger charge is 2.29. The van der Waals surface area contributed by atoms with E-state index in [-0.39, 0.29) is 0 Å². The van der Waals surface area contributed by atoms with Crippen LogP contribution in [-0.2, 0) is 6.42 Å². The lowest BCUT2D eigenvalue weighted by atomic mass is 9.78. The third kappa shape index (κ3) is 2.49. The summed E-state index contributed by atoms with van der Waals surface area (Å²) in [5, 5.41) is 6.02. The minimum atomic E-state index is 0.642. The van der Waals surface area contributed by atoms with E-state index in [1.165, 1.54) is 32.1 Å². The van der Waals surface area contributed by atoms with Crippen LogP contribution in [-0.4, -0.2) is 6.54 Å². The Morgan fingerprint density at radius 1 is 1.44 bits per heavy atom. The summed E-state index contributed by atoms with van der Waals surface area (Å²) in [7, 11) is 0. The Hall–Kier alpha value is -0.340. The van der Waals surface area contributed by atoms with E-state index in [1.54, 1.807) is 10.4 Å². The van der Waals surface area contributed by atoms with Gasteiger partial charge in [-0.25, -0.2) is 0 Å². The number of nitrogens with one attached hydrogen (secondary N) is 1. The van der Waals surface area contributed by atoms with Crippen LogP contribution in [0.1, 0.15) is 56.0 Å². The first kappa shape index (κ1) is 12.1. The van der Waals surface area contributed by atoms with Crippen LogP contribution in [0.15, 0.2) is 11.4 Å². The fraction of sp³-hybridized carbons (Fsp3) is 0.714. The van der Waals surface area contributed by atoms with Crippen LogP contribution < -0.4 is 5.32 Å². The van der Waals surface area contributed by atoms with E-state index in [1.807, 2.05) is 11.3 Å². The van der Waals surface area contributed by atoms with Gasteiger partial charge in [-0.15, -0.1) is 11.3 Å². The van der Waals surface area contributed by atoms with Gasteiger partial charge in [-0.05, 0) is 55.2 Å². The van der Waals surface area contributed by atoms with Crippen molar-refractivity contribution in [3.8, 4) is 0 Å². The molecular formula is C14H23NS. The maximum Gasteiger partial charge on any atom is 0.0446 e. The highest BCUT2D eigenvalue weighted by atomic mass is 32.1. The number of hydrogen-bond acceptors (Lipinski definition) is 2. The molecular weight excluding hydrogens is 214 g/mol. The summed E-state index contributed by atoms with van der Waals surface area (Å²) < 4.78 is 0. The van der Waals surface area contributed by atoms with E-state index in [2.05, 4.69) is 30.6 Å². The lowest BCUT2D eigenvalue weighted by molar-refractivity contribution is 0.233. The summed E-state index contributed by atoms with van der Waals surface area (Å²) in [5.74, 6) is 0.899. The second-order valence-electron chi connectivity index (χ2n) is 4.79. The highest BCUT2D eigenvalue weighted by molar-refractivity contribution is 7.10. The molecule has 0 bridgehead atoms. The molecule has 0 radical (unpaired) electrons. The van der Waals surface area contributed by atoms with Gasteiger partial charge in [0.2, 0.25) is 0 Å². The molecule has 1 fully saturated rings. The molecule has 1 nitrogen and oxygen atoms in total. The van der Waals surface area contributed by atoms with Crippen molar-refractivity contribution in [3.63, 3.8) is 0 Å². The smallest absolute Gasteiger partial charge is 0.0446 e. The molecule has 2 heteroatoms. The molecule has 1 N–H and O–H groups in total. The second-order valence-corrected chi connectivity index (χ2v) is 5.73. The van der Waals surface area contributed by atoms with Gasteiger partial charge in [-0.2, -0.15) is 0 Å². The molecule has 1 aromatic heterocycles. The molecule has 1 heterocycles. The van der Waals surface area contributed by atoms with Gasteiger partial charge < -0.3 is 5.32 Å². The standard InChI is InChI=1S/C14H23NS/c1-3-9-15-13(12-6-5-7-12)14-11(4-2)8-10-16-14/h8,10,12-13,15H,3-7,9H2,1-2H3. The van der Waals surface area contributed by atoms with Crippen molar-refractivity contribution < 1.29 is 0 Å². The molecule has 1 saturated carbocycles. The molecule has 0 aromatic carbocycles. The topological polar surface area (TPSA) is 12.0 Å². The minimum Gasteiger partial charge on any atom is -0.309 e. The molecule has 1 aliphatic rings. The van der Waals surface area contributed by atoms with E-state index >= 15 is 0 Å². The van der Waals surface area contributed by atoms with Gasteiger partial charge in [0.1, 0.15) is 0 Å². The molecule has 0 saturated heterocycles. The van der Waals surface area contributed by atoms with E-state index in [0.717, 1.165) is 12.5 Å². The Morgan fingerprint density at radius 3 is 2.81 bits per heavy atom. The maximum absolute atomic E-state index is 3.76. The number of hydrogen-bond donors (Lipinski definition) is 1. The van der Waals surface area contributed by atoms with Crippen molar-refractivity contribution in [1.29, 1.82) is 0 Å². The fourth-order valence-electron chi connectivity index (χ4n) is 2.46. The molecule has 0 amide bonds. The monoisotopic (exact) mass is 237 g/mol. The highest BCUT2D eigenvalue weighted by Crippen LogP contribution is 2.40. The summed E-state index contributed by atoms with van der Waals surface area (Å²) in [6.45, 7) is 5.67. The summed E-state index contributed by atoms with van der Waals surface area (Å²) in [4.78, 5) is 1.61. The van der Waals surface area contributed by atoms with E-state index in [4.69, 9.17) is 0 Å². The van der Waals surface area contributed by atoms with Gasteiger partial charge in [0.15, 0.2) is 0 Å². The molecule has 1 unspecified atom stereocenters. The first-order valence-electron chi connectivity index (χ1n) is 6.66. The van der Waals surface area contributed by atoms with E-state index in [0.29, 0.717) is 6.04 Å². The summed E-state index contributed by atoms with van der Waals surface area (Å²) in [6.07, 6.45) is 6.68. The second kappa shape index (κ2) is 5.83. The van der Waals surface area contributed by atoms with Crippen LogP contribution in [0.5, 0.6) is 0 Å². The summed E-state index contributed by atoms with van der Waals surface area (Å²) in [6, 6.07) is 2.95. The zero-order valence-corrected chi connectivity index (χ0v) is 11.3. The molecule has 1 aliphatic carbocycles. The largest absolute Gasteiger partial charge is 0.309 e. The number of thiophene rings is 1. The van der Waals surface area contributed by atoms with Crippen molar-refractivity contribution in [2.24, 2.45) is 5.92 Å². The average molecular weight is 237 g/mol. The third-order valence-electron chi connectivity index (χ3n) is 3.68. The Bertz CT molecular complexity index is 314. The van der Waals surface area contributed by atoms with Gasteiger partial charge in [0.25, 0.3) is 0 Å². The molecule has 2 rings (SSSR count). The van der Waals surface area contributed by atoms with Crippen LogP contribution >= 0.6 is 11.3 Å². The predicted molar refractivity (Wildman–Crippen MR) is 72.1 cm³/mol. The van der Waals surface area contributed by atoms with E-state index in [9.17, 15) is 0 Å². The lowest BCUT2D eigenvalue weighted by Crippen LogP contribution is -2.32. The normalized spacial score (nSPS) is 18.4. The molecule has 16 heavy (non-hydrogen) atoms. The van der Waals surface area contributed by atoms with Crippen LogP contribution in [0, 0.1) is 5.92 Å². The lowest BCUT2D eigenvalue weighted by Gasteiger charge is -2.34. The summed E-state index contributed by atoms with van der Waals surface area (Å²) >= 11 is 1.95. The average Bonchev–Trinajstić information content (AvgIpc) is 2.69. The zero-order valence-electron chi connectivity index (χ0n) is 10.5. The van der Waals surface area contributed by atoms with Gasteiger partial charge in [0, 0.05) is 10.9 Å². The first-order chi connectivity index (χ1) is 7.86. The quantitative estimate of drug-likeness (QED) is 0.783. The molecule has 1 aromatic rings. The first-order valence-corrected chi connectivity index (χ1v) is 7.54. The Morgan fingerprint density at radius 2 is 2.25 bits per heavy atom. The minimum absolute atomic E-state index is 0.642. The van der Waals surface area contributed by atoms with Crippen LogP contribution in [0.3, 0.4) is 0 Å². The van der Waals surface area contributed by atoms with Gasteiger partial charge >= 0.3 is 0 Å². The Labute approximate surface area is 103 Å². The van der Waals surface area contributed by atoms with Crippen molar-refractivity contribution in [3.05, 3.63) is 21.9 Å². The maximum atomic E-state index is 3.76. The van der Waals surface area contributed by atoms with Gasteiger partial charge in [0.05, 0.1) is 0 Å². The number of rotatable bonds is 6. The summed E-state index contributed by atoms with van der Waals surface area (Å²) in [5.41, 5.74) is 1.56. The predicted octanol–water partition coefficient (Wildman–Crippen LogP) is 4.15. The Balaban J connectivity index is 2.10. The SMILES string of the molecule is CCCNC(c1sccc1CC)C1CCC1. The van der Waals surface area contributed by atoms with Crippen LogP contribution in [0.2, 0.25) is 0 Å². The van der Waals surface area contributed by atoms with Crippen LogP contribution in [0.25, 0.3) is 0 Å². The van der Waals surface area contributed by atoms with Crippen LogP contribution in [0.4, 0.5) is 0 Å². The van der Waals surface area contributed by atoms with Gasteiger partial charge in [-0.3, -0.25) is 0 Å².